The Morgan fingerprint density at radius 3 is 2.86 bits per heavy atom. The number of imide groups is 1. The molecular weight excluding hydrogens is 368 g/mol. The normalized spacial score (nSPS) is 22.9. The van der Waals surface area contributed by atoms with Crippen molar-refractivity contribution < 1.29 is 28.7 Å². The predicted octanol–water partition coefficient (Wildman–Crippen LogP) is 0.459. The Morgan fingerprint density at radius 2 is 2.11 bits per heavy atom. The summed E-state index contributed by atoms with van der Waals surface area (Å²) in [6.45, 7) is 1.36. The molecule has 0 radical (unpaired) electrons. The highest BCUT2D eigenvalue weighted by molar-refractivity contribution is 6.01. The van der Waals surface area contributed by atoms with Gasteiger partial charge in [0.2, 0.25) is 17.7 Å². The first-order valence-corrected chi connectivity index (χ1v) is 9.16. The molecule has 3 aliphatic rings. The Balaban J connectivity index is 1.29. The summed E-state index contributed by atoms with van der Waals surface area (Å²) in [5.41, 5.74) is 0.883. The summed E-state index contributed by atoms with van der Waals surface area (Å²) < 4.78 is 10.5. The monoisotopic (exact) mass is 388 g/mol. The molecule has 1 spiro atoms. The van der Waals surface area contributed by atoms with Crippen molar-refractivity contribution in [2.45, 2.75) is 37.1 Å². The topological polar surface area (TPSA) is 127 Å². The van der Waals surface area contributed by atoms with E-state index >= 15 is 0 Å². The van der Waals surface area contributed by atoms with Crippen LogP contribution in [0.3, 0.4) is 0 Å². The lowest BCUT2D eigenvalue weighted by Gasteiger charge is -2.37. The van der Waals surface area contributed by atoms with Crippen LogP contribution in [0.25, 0.3) is 0 Å². The number of alkyl carbamates (subject to hydrolysis) is 1. The smallest absolute Gasteiger partial charge is 0.418 e. The van der Waals surface area contributed by atoms with Gasteiger partial charge in [-0.3, -0.25) is 14.9 Å². The molecule has 10 nitrogen and oxygen atoms in total. The van der Waals surface area contributed by atoms with E-state index in [4.69, 9.17) is 9.47 Å². The van der Waals surface area contributed by atoms with Gasteiger partial charge in [-0.25, -0.2) is 14.6 Å². The van der Waals surface area contributed by atoms with Gasteiger partial charge >= 0.3 is 12.2 Å². The van der Waals surface area contributed by atoms with Crippen LogP contribution < -0.4 is 15.4 Å². The molecule has 0 saturated carbocycles. The van der Waals surface area contributed by atoms with Gasteiger partial charge in [0.15, 0.2) is 0 Å². The number of aromatic nitrogens is 1. The predicted molar refractivity (Wildman–Crippen MR) is 93.4 cm³/mol. The number of nitrogens with one attached hydrogen (secondary N) is 2. The van der Waals surface area contributed by atoms with E-state index in [0.717, 1.165) is 5.56 Å². The fraction of sp³-hybridized carbons (Fsp3) is 0.500. The summed E-state index contributed by atoms with van der Waals surface area (Å²) in [6, 6.07) is 2.98. The maximum atomic E-state index is 12.3. The quantitative estimate of drug-likeness (QED) is 0.528. The number of piperidine rings is 2. The zero-order valence-electron chi connectivity index (χ0n) is 15.1. The third-order valence-corrected chi connectivity index (χ3v) is 5.52. The van der Waals surface area contributed by atoms with Gasteiger partial charge in [0, 0.05) is 36.7 Å². The van der Waals surface area contributed by atoms with E-state index in [1.165, 1.54) is 4.90 Å². The Morgan fingerprint density at radius 1 is 1.32 bits per heavy atom. The molecule has 2 N–H and O–H groups in total. The van der Waals surface area contributed by atoms with Crippen molar-refractivity contribution >= 4 is 24.0 Å². The summed E-state index contributed by atoms with van der Waals surface area (Å²) >= 11 is 0. The molecular formula is C18H20N4O6. The first-order chi connectivity index (χ1) is 13.5. The van der Waals surface area contributed by atoms with E-state index in [-0.39, 0.29) is 24.2 Å². The van der Waals surface area contributed by atoms with Crippen LogP contribution in [-0.2, 0) is 19.7 Å². The number of rotatable bonds is 1. The van der Waals surface area contributed by atoms with Gasteiger partial charge in [0.25, 0.3) is 0 Å². The van der Waals surface area contributed by atoms with Crippen LogP contribution in [0.5, 0.6) is 5.88 Å². The molecule has 4 amide bonds. The molecule has 0 bridgehead atoms. The number of fused-ring (bicyclic) bond motifs is 2. The van der Waals surface area contributed by atoms with Crippen LogP contribution in [0.15, 0.2) is 18.3 Å². The zero-order chi connectivity index (χ0) is 19.7. The van der Waals surface area contributed by atoms with E-state index in [0.29, 0.717) is 38.4 Å². The van der Waals surface area contributed by atoms with Crippen molar-refractivity contribution in [3.8, 4) is 5.88 Å². The summed E-state index contributed by atoms with van der Waals surface area (Å²) in [4.78, 5) is 52.7. The number of pyridine rings is 1. The van der Waals surface area contributed by atoms with Crippen LogP contribution in [0.2, 0.25) is 0 Å². The molecule has 10 heteroatoms. The standard InChI is InChI=1S/C18H20N4O6/c23-13-4-3-12(14(24)21-13)20-16(25)28-17(26)22-8-5-18(6-9-22)10-27-15-11(18)2-1-7-19-15/h1-2,7,12H,3-6,8-10H2,(H,20,25)(H,21,23,24). The molecule has 28 heavy (non-hydrogen) atoms. The Labute approximate surface area is 160 Å². The number of nitrogens with zero attached hydrogens (tertiary/aromatic N) is 2. The number of hydrogen-bond acceptors (Lipinski definition) is 7. The second kappa shape index (κ2) is 7.10. The van der Waals surface area contributed by atoms with Gasteiger partial charge in [-0.15, -0.1) is 0 Å². The van der Waals surface area contributed by atoms with Gasteiger partial charge in [0.05, 0.1) is 6.61 Å². The molecule has 1 aromatic heterocycles. The molecule has 2 saturated heterocycles. The van der Waals surface area contributed by atoms with E-state index in [1.54, 1.807) is 6.20 Å². The highest BCUT2D eigenvalue weighted by Crippen LogP contribution is 2.44. The van der Waals surface area contributed by atoms with Crippen LogP contribution in [0.4, 0.5) is 9.59 Å². The minimum absolute atomic E-state index is 0.122. The van der Waals surface area contributed by atoms with E-state index in [2.05, 4.69) is 15.6 Å². The lowest BCUT2D eigenvalue weighted by atomic mass is 9.75. The largest absolute Gasteiger partial charge is 0.476 e. The first kappa shape index (κ1) is 18.2. The zero-order valence-corrected chi connectivity index (χ0v) is 15.1. The van der Waals surface area contributed by atoms with Gasteiger partial charge in [-0.05, 0) is 25.3 Å². The second-order valence-electron chi connectivity index (χ2n) is 7.22. The molecule has 4 heterocycles. The van der Waals surface area contributed by atoms with Crippen LogP contribution in [0, 0.1) is 0 Å². The number of amides is 4. The molecule has 2 fully saturated rings. The molecule has 1 atom stereocenters. The Bertz CT molecular complexity index is 833. The third-order valence-electron chi connectivity index (χ3n) is 5.52. The highest BCUT2D eigenvalue weighted by Gasteiger charge is 2.44. The summed E-state index contributed by atoms with van der Waals surface area (Å²) in [5.74, 6) is -0.348. The molecule has 1 unspecified atom stereocenters. The molecule has 4 rings (SSSR count). The number of carbonyl (C=O) groups is 4. The van der Waals surface area contributed by atoms with Crippen molar-refractivity contribution in [1.29, 1.82) is 0 Å². The molecule has 1 aromatic rings. The second-order valence-corrected chi connectivity index (χ2v) is 7.22. The summed E-state index contributed by atoms with van der Waals surface area (Å²) in [5, 5.41) is 4.45. The van der Waals surface area contributed by atoms with Crippen molar-refractivity contribution in [2.75, 3.05) is 19.7 Å². The average Bonchev–Trinajstić information content (AvgIpc) is 3.03. The fourth-order valence-corrected chi connectivity index (χ4v) is 3.87. The first-order valence-electron chi connectivity index (χ1n) is 9.16. The van der Waals surface area contributed by atoms with Crippen LogP contribution >= 0.6 is 0 Å². The molecule has 0 aliphatic carbocycles. The van der Waals surface area contributed by atoms with Crippen LogP contribution in [-0.4, -0.2) is 59.6 Å². The SMILES string of the molecule is O=C1CCC(NC(=O)OC(=O)N2CCC3(CC2)COc2ncccc23)C(=O)N1. The van der Waals surface area contributed by atoms with E-state index in [9.17, 15) is 19.2 Å². The average molecular weight is 388 g/mol. The lowest BCUT2D eigenvalue weighted by molar-refractivity contribution is -0.134. The molecule has 3 aliphatic heterocycles. The van der Waals surface area contributed by atoms with Crippen molar-refractivity contribution in [3.63, 3.8) is 0 Å². The Hall–Kier alpha value is -3.17. The fourth-order valence-electron chi connectivity index (χ4n) is 3.87. The van der Waals surface area contributed by atoms with E-state index < -0.39 is 24.1 Å². The van der Waals surface area contributed by atoms with Crippen molar-refractivity contribution in [1.82, 2.24) is 20.5 Å². The van der Waals surface area contributed by atoms with Gasteiger partial charge in [-0.1, -0.05) is 6.07 Å². The molecule has 148 valence electrons. The van der Waals surface area contributed by atoms with Crippen molar-refractivity contribution in [3.05, 3.63) is 23.9 Å². The number of likely N-dealkylation sites (tertiary alicyclic amines) is 1. The maximum absolute atomic E-state index is 12.3. The van der Waals surface area contributed by atoms with Gasteiger partial charge in [-0.2, -0.15) is 0 Å². The van der Waals surface area contributed by atoms with E-state index in [1.807, 2.05) is 12.1 Å². The third kappa shape index (κ3) is 3.37. The van der Waals surface area contributed by atoms with Crippen molar-refractivity contribution in [2.24, 2.45) is 0 Å². The minimum atomic E-state index is -1.00. The van der Waals surface area contributed by atoms with Crippen LogP contribution in [0.1, 0.15) is 31.2 Å². The lowest BCUT2D eigenvalue weighted by Crippen LogP contribution is -2.53. The highest BCUT2D eigenvalue weighted by atomic mass is 16.6. The number of carbonyl (C=O) groups excluding carboxylic acids is 4. The number of hydrogen-bond donors (Lipinski definition) is 2. The van der Waals surface area contributed by atoms with Gasteiger partial charge in [0.1, 0.15) is 6.04 Å². The Kier molecular flexibility index (Phi) is 4.62. The summed E-state index contributed by atoms with van der Waals surface area (Å²) in [6.07, 6.45) is 1.57. The van der Waals surface area contributed by atoms with Gasteiger partial charge < -0.3 is 19.7 Å². The molecule has 0 aromatic carbocycles. The summed E-state index contributed by atoms with van der Waals surface area (Å²) in [7, 11) is 0. The maximum Gasteiger partial charge on any atom is 0.418 e. The minimum Gasteiger partial charge on any atom is -0.476 e. The number of ether oxygens (including phenoxy) is 2.